The standard InChI is InChI=1S/C14H35N3Si2/c1-6-12-15-19(16-13-7-2,17-18(3,4)5)14-10-8-9-11-14/h14-17H,6-13H2,1-5H3. The molecule has 0 spiro atoms. The smallest absolute Gasteiger partial charge is 0.277 e. The van der Waals surface area contributed by atoms with Gasteiger partial charge in [-0.2, -0.15) is 0 Å². The highest BCUT2D eigenvalue weighted by atomic mass is 28.4. The lowest BCUT2D eigenvalue weighted by atomic mass is 10.4. The van der Waals surface area contributed by atoms with E-state index in [1.165, 1.54) is 38.5 Å². The Bertz CT molecular complexity index is 240. The van der Waals surface area contributed by atoms with E-state index in [0.29, 0.717) is 0 Å². The molecule has 3 nitrogen and oxygen atoms in total. The van der Waals surface area contributed by atoms with E-state index in [0.717, 1.165) is 18.6 Å². The minimum Gasteiger partial charge on any atom is -0.335 e. The van der Waals surface area contributed by atoms with E-state index in [4.69, 9.17) is 0 Å². The molecule has 0 aromatic rings. The van der Waals surface area contributed by atoms with Gasteiger partial charge in [0.05, 0.1) is 0 Å². The Morgan fingerprint density at radius 1 is 0.895 bits per heavy atom. The summed E-state index contributed by atoms with van der Waals surface area (Å²) >= 11 is 0. The first-order valence-corrected chi connectivity index (χ1v) is 13.8. The van der Waals surface area contributed by atoms with Crippen LogP contribution in [-0.2, 0) is 0 Å². The molecular formula is C14H35N3Si2. The summed E-state index contributed by atoms with van der Waals surface area (Å²) in [7, 11) is -3.00. The molecule has 0 aromatic carbocycles. The molecule has 1 rings (SSSR count). The average molecular weight is 302 g/mol. The fraction of sp³-hybridized carbons (Fsp3) is 1.00. The molecule has 1 fully saturated rings. The van der Waals surface area contributed by atoms with Crippen molar-refractivity contribution in [3.8, 4) is 0 Å². The molecule has 1 aliphatic rings. The Morgan fingerprint density at radius 2 is 1.37 bits per heavy atom. The van der Waals surface area contributed by atoms with Gasteiger partial charge in [-0.3, -0.25) is 0 Å². The molecule has 0 unspecified atom stereocenters. The van der Waals surface area contributed by atoms with E-state index in [1.54, 1.807) is 0 Å². The first-order valence-electron chi connectivity index (χ1n) is 8.23. The zero-order valence-electron chi connectivity index (χ0n) is 13.7. The summed E-state index contributed by atoms with van der Waals surface area (Å²) in [6, 6.07) is 0. The topological polar surface area (TPSA) is 36.1 Å². The van der Waals surface area contributed by atoms with Crippen LogP contribution in [0.5, 0.6) is 0 Å². The van der Waals surface area contributed by atoms with E-state index in [9.17, 15) is 0 Å². The summed E-state index contributed by atoms with van der Waals surface area (Å²) in [5, 5.41) is 0. The molecule has 1 aliphatic carbocycles. The van der Waals surface area contributed by atoms with Crippen molar-refractivity contribution in [1.82, 2.24) is 14.6 Å². The normalized spacial score (nSPS) is 18.2. The lowest BCUT2D eigenvalue weighted by molar-refractivity contribution is 0.676. The van der Waals surface area contributed by atoms with Crippen LogP contribution in [0.3, 0.4) is 0 Å². The van der Waals surface area contributed by atoms with E-state index in [2.05, 4.69) is 48.1 Å². The maximum atomic E-state index is 4.14. The van der Waals surface area contributed by atoms with Crippen molar-refractivity contribution < 1.29 is 0 Å². The predicted molar refractivity (Wildman–Crippen MR) is 91.0 cm³/mol. The molecule has 5 heteroatoms. The second kappa shape index (κ2) is 7.93. The van der Waals surface area contributed by atoms with Crippen molar-refractivity contribution in [1.29, 1.82) is 0 Å². The number of nitrogens with one attached hydrogen (secondary N) is 3. The van der Waals surface area contributed by atoms with E-state index < -0.39 is 16.8 Å². The molecule has 1 saturated carbocycles. The van der Waals surface area contributed by atoms with Gasteiger partial charge in [0.1, 0.15) is 8.24 Å². The summed E-state index contributed by atoms with van der Waals surface area (Å²) < 4.78 is 4.14. The fourth-order valence-electron chi connectivity index (χ4n) is 3.14. The second-order valence-electron chi connectivity index (χ2n) is 7.02. The minimum atomic E-state index is -1.73. The highest BCUT2D eigenvalue weighted by Gasteiger charge is 2.45. The third-order valence-corrected chi connectivity index (χ3v) is 11.8. The second-order valence-corrected chi connectivity index (χ2v) is 15.7. The maximum absolute atomic E-state index is 4.14. The van der Waals surface area contributed by atoms with E-state index in [-0.39, 0.29) is 0 Å². The Labute approximate surface area is 122 Å². The Morgan fingerprint density at radius 3 is 1.74 bits per heavy atom. The summed E-state index contributed by atoms with van der Waals surface area (Å²) in [6.07, 6.45) is 8.13. The molecule has 0 bridgehead atoms. The summed E-state index contributed by atoms with van der Waals surface area (Å²) in [5.41, 5.74) is 0.873. The zero-order valence-corrected chi connectivity index (χ0v) is 15.7. The first-order chi connectivity index (χ1) is 8.93. The molecule has 19 heavy (non-hydrogen) atoms. The third kappa shape index (κ3) is 5.67. The summed E-state index contributed by atoms with van der Waals surface area (Å²) in [5.74, 6) is 0. The molecule has 0 aromatic heterocycles. The largest absolute Gasteiger partial charge is 0.335 e. The highest BCUT2D eigenvalue weighted by Crippen LogP contribution is 2.35. The first kappa shape index (κ1) is 17.4. The maximum Gasteiger partial charge on any atom is 0.277 e. The fourth-order valence-corrected chi connectivity index (χ4v) is 12.7. The van der Waals surface area contributed by atoms with E-state index in [1.807, 2.05) is 0 Å². The van der Waals surface area contributed by atoms with Crippen LogP contribution in [0.25, 0.3) is 0 Å². The van der Waals surface area contributed by atoms with Crippen molar-refractivity contribution in [2.75, 3.05) is 13.1 Å². The van der Waals surface area contributed by atoms with Crippen molar-refractivity contribution in [2.45, 2.75) is 77.6 Å². The Hall–Kier alpha value is 0.314. The molecule has 0 atom stereocenters. The minimum absolute atomic E-state index is 0.873. The van der Waals surface area contributed by atoms with Crippen molar-refractivity contribution in [3.05, 3.63) is 0 Å². The van der Waals surface area contributed by atoms with Crippen molar-refractivity contribution in [2.24, 2.45) is 0 Å². The molecule has 0 saturated heterocycles. The highest BCUT2D eigenvalue weighted by molar-refractivity contribution is 6.90. The van der Waals surface area contributed by atoms with E-state index >= 15 is 0 Å². The predicted octanol–water partition coefficient (Wildman–Crippen LogP) is 3.29. The molecule has 114 valence electrons. The molecular weight excluding hydrogens is 266 g/mol. The van der Waals surface area contributed by atoms with Gasteiger partial charge in [0.25, 0.3) is 8.56 Å². The van der Waals surface area contributed by atoms with Gasteiger partial charge >= 0.3 is 0 Å². The number of hydrogen-bond acceptors (Lipinski definition) is 3. The summed E-state index contributed by atoms with van der Waals surface area (Å²) in [4.78, 5) is 7.94. The Kier molecular flexibility index (Phi) is 7.25. The molecule has 0 amide bonds. The van der Waals surface area contributed by atoms with Crippen LogP contribution in [0.2, 0.25) is 25.2 Å². The number of hydrogen-bond donors (Lipinski definition) is 3. The number of rotatable bonds is 9. The van der Waals surface area contributed by atoms with Gasteiger partial charge < -0.3 is 14.6 Å². The zero-order chi connectivity index (χ0) is 14.4. The third-order valence-electron chi connectivity index (χ3n) is 3.85. The lowest BCUT2D eigenvalue weighted by Gasteiger charge is -2.43. The van der Waals surface area contributed by atoms with Gasteiger partial charge in [-0.25, -0.2) is 0 Å². The lowest BCUT2D eigenvalue weighted by Crippen LogP contribution is -2.79. The van der Waals surface area contributed by atoms with Gasteiger partial charge in [-0.15, -0.1) is 0 Å². The van der Waals surface area contributed by atoms with Crippen LogP contribution in [0.1, 0.15) is 52.4 Å². The van der Waals surface area contributed by atoms with Gasteiger partial charge in [-0.1, -0.05) is 46.3 Å². The SMILES string of the molecule is CCCN[Si](NCCC)(N[Si](C)(C)C)C1CCCC1. The summed E-state index contributed by atoms with van der Waals surface area (Å²) in [6.45, 7) is 14.2. The molecule has 0 radical (unpaired) electrons. The van der Waals surface area contributed by atoms with Gasteiger partial charge in [0.2, 0.25) is 0 Å². The van der Waals surface area contributed by atoms with Crippen LogP contribution in [-0.4, -0.2) is 29.9 Å². The molecule has 3 N–H and O–H groups in total. The molecule has 0 heterocycles. The Balaban J connectivity index is 2.85. The van der Waals surface area contributed by atoms with Gasteiger partial charge in [-0.05, 0) is 44.3 Å². The van der Waals surface area contributed by atoms with Crippen molar-refractivity contribution in [3.63, 3.8) is 0 Å². The van der Waals surface area contributed by atoms with Crippen LogP contribution >= 0.6 is 0 Å². The molecule has 0 aliphatic heterocycles. The van der Waals surface area contributed by atoms with Crippen molar-refractivity contribution >= 4 is 16.8 Å². The van der Waals surface area contributed by atoms with Gasteiger partial charge in [0, 0.05) is 0 Å². The van der Waals surface area contributed by atoms with Gasteiger partial charge in [0.15, 0.2) is 0 Å². The average Bonchev–Trinajstić information content (AvgIpc) is 2.85. The quantitative estimate of drug-likeness (QED) is 0.572. The van der Waals surface area contributed by atoms with Crippen LogP contribution in [0, 0.1) is 0 Å². The monoisotopic (exact) mass is 301 g/mol. The van der Waals surface area contributed by atoms with Crippen LogP contribution < -0.4 is 14.6 Å². The van der Waals surface area contributed by atoms with Crippen LogP contribution in [0.15, 0.2) is 0 Å². The van der Waals surface area contributed by atoms with Crippen LogP contribution in [0.4, 0.5) is 0 Å².